The molecule has 0 unspecified atom stereocenters. The largest absolute Gasteiger partial charge is 0.496 e. The zero-order chi connectivity index (χ0) is 11.3. The molecule has 0 aliphatic heterocycles. The summed E-state index contributed by atoms with van der Waals surface area (Å²) in [5.41, 5.74) is 0.174. The fraction of sp³-hybridized carbons (Fsp3) is 0.400. The average Bonchev–Trinajstić information content (AvgIpc) is 2.28. The van der Waals surface area contributed by atoms with Crippen molar-refractivity contribution in [2.45, 2.75) is 6.92 Å². The van der Waals surface area contributed by atoms with E-state index in [0.29, 0.717) is 18.2 Å². The Bertz CT molecular complexity index is 329. The summed E-state index contributed by atoms with van der Waals surface area (Å²) in [5.74, 6) is 0.331. The molecule has 0 bridgehead atoms. The van der Waals surface area contributed by atoms with Crippen LogP contribution in [0.2, 0.25) is 0 Å². The van der Waals surface area contributed by atoms with Gasteiger partial charge < -0.3 is 14.2 Å². The Kier molecular flexibility index (Phi) is 3.91. The van der Waals surface area contributed by atoms with E-state index < -0.39 is 5.97 Å². The van der Waals surface area contributed by atoms with Crippen LogP contribution in [0.1, 0.15) is 17.4 Å². The lowest BCUT2D eigenvalue weighted by molar-refractivity contribution is 0.0518. The van der Waals surface area contributed by atoms with Gasteiger partial charge in [0.2, 0.25) is 5.88 Å². The Morgan fingerprint density at radius 3 is 2.60 bits per heavy atom. The third-order valence-electron chi connectivity index (χ3n) is 1.70. The van der Waals surface area contributed by atoms with Crippen molar-refractivity contribution in [3.8, 4) is 11.6 Å². The zero-order valence-corrected chi connectivity index (χ0v) is 8.94. The average molecular weight is 211 g/mol. The second-order valence-corrected chi connectivity index (χ2v) is 2.66. The highest BCUT2D eigenvalue weighted by Crippen LogP contribution is 2.19. The number of aromatic nitrogens is 1. The van der Waals surface area contributed by atoms with Gasteiger partial charge in [-0.1, -0.05) is 0 Å². The first-order valence-corrected chi connectivity index (χ1v) is 4.48. The molecule has 0 amide bonds. The van der Waals surface area contributed by atoms with Crippen LogP contribution in [0.25, 0.3) is 0 Å². The summed E-state index contributed by atoms with van der Waals surface area (Å²) in [6.07, 6.45) is 0. The summed E-state index contributed by atoms with van der Waals surface area (Å²) in [7, 11) is 2.97. The summed E-state index contributed by atoms with van der Waals surface area (Å²) in [4.78, 5) is 15.3. The maximum Gasteiger partial charge on any atom is 0.357 e. The van der Waals surface area contributed by atoms with Crippen molar-refractivity contribution in [1.82, 2.24) is 4.98 Å². The summed E-state index contributed by atoms with van der Waals surface area (Å²) in [6, 6.07) is 3.09. The number of hydrogen-bond donors (Lipinski definition) is 0. The first-order valence-electron chi connectivity index (χ1n) is 4.48. The van der Waals surface area contributed by atoms with Crippen molar-refractivity contribution < 1.29 is 19.0 Å². The van der Waals surface area contributed by atoms with Crippen LogP contribution in [0.3, 0.4) is 0 Å². The van der Waals surface area contributed by atoms with E-state index in [4.69, 9.17) is 14.2 Å². The van der Waals surface area contributed by atoms with E-state index in [-0.39, 0.29) is 5.69 Å². The second kappa shape index (κ2) is 5.19. The van der Waals surface area contributed by atoms with Crippen molar-refractivity contribution in [3.63, 3.8) is 0 Å². The third kappa shape index (κ3) is 2.83. The maximum atomic E-state index is 11.4. The van der Waals surface area contributed by atoms with Crippen LogP contribution in [-0.4, -0.2) is 31.8 Å². The molecule has 82 valence electrons. The minimum Gasteiger partial charge on any atom is -0.496 e. The lowest BCUT2D eigenvalue weighted by Gasteiger charge is -2.06. The van der Waals surface area contributed by atoms with E-state index in [9.17, 15) is 4.79 Å². The van der Waals surface area contributed by atoms with Gasteiger partial charge in [0, 0.05) is 12.1 Å². The van der Waals surface area contributed by atoms with Gasteiger partial charge in [0.05, 0.1) is 20.8 Å². The highest BCUT2D eigenvalue weighted by molar-refractivity contribution is 5.87. The monoisotopic (exact) mass is 211 g/mol. The molecule has 0 radical (unpaired) electrons. The predicted octanol–water partition coefficient (Wildman–Crippen LogP) is 1.28. The van der Waals surface area contributed by atoms with E-state index in [1.807, 2.05) is 0 Å². The topological polar surface area (TPSA) is 57.7 Å². The van der Waals surface area contributed by atoms with Crippen LogP contribution in [-0.2, 0) is 4.74 Å². The SMILES string of the molecule is CCOC(=O)c1cc(OC)cc(OC)n1. The van der Waals surface area contributed by atoms with Gasteiger partial charge in [-0.2, -0.15) is 0 Å². The number of methoxy groups -OCH3 is 2. The van der Waals surface area contributed by atoms with Gasteiger partial charge >= 0.3 is 5.97 Å². The number of esters is 1. The number of pyridine rings is 1. The predicted molar refractivity (Wildman–Crippen MR) is 53.3 cm³/mol. The number of rotatable bonds is 4. The normalized spacial score (nSPS) is 9.53. The fourth-order valence-corrected chi connectivity index (χ4v) is 1.01. The minimum absolute atomic E-state index is 0.174. The van der Waals surface area contributed by atoms with Gasteiger partial charge in [0.15, 0.2) is 5.69 Å². The smallest absolute Gasteiger partial charge is 0.357 e. The van der Waals surface area contributed by atoms with Crippen LogP contribution < -0.4 is 9.47 Å². The quantitative estimate of drug-likeness (QED) is 0.702. The molecule has 0 aliphatic carbocycles. The molecule has 0 spiro atoms. The lowest BCUT2D eigenvalue weighted by Crippen LogP contribution is -2.08. The standard InChI is InChI=1S/C10H13NO4/c1-4-15-10(12)8-5-7(13-2)6-9(11-8)14-3/h5-6H,4H2,1-3H3. The van der Waals surface area contributed by atoms with Crippen molar-refractivity contribution in [3.05, 3.63) is 17.8 Å². The van der Waals surface area contributed by atoms with E-state index in [2.05, 4.69) is 4.98 Å². The summed E-state index contributed by atoms with van der Waals surface area (Å²) >= 11 is 0. The first-order chi connectivity index (χ1) is 7.21. The van der Waals surface area contributed by atoms with E-state index in [1.54, 1.807) is 13.0 Å². The van der Waals surface area contributed by atoms with Crippen LogP contribution in [0.5, 0.6) is 11.6 Å². The van der Waals surface area contributed by atoms with Gasteiger partial charge in [-0.25, -0.2) is 9.78 Å². The number of ether oxygens (including phenoxy) is 3. The van der Waals surface area contributed by atoms with E-state index >= 15 is 0 Å². The van der Waals surface area contributed by atoms with E-state index in [0.717, 1.165) is 0 Å². The molecule has 1 heterocycles. The molecular weight excluding hydrogens is 198 g/mol. The molecule has 0 atom stereocenters. The van der Waals surface area contributed by atoms with Crippen LogP contribution in [0, 0.1) is 0 Å². The van der Waals surface area contributed by atoms with Gasteiger partial charge in [-0.15, -0.1) is 0 Å². The highest BCUT2D eigenvalue weighted by Gasteiger charge is 2.11. The molecule has 5 heteroatoms. The van der Waals surface area contributed by atoms with Crippen molar-refractivity contribution in [2.75, 3.05) is 20.8 Å². The Labute approximate surface area is 88.0 Å². The Hall–Kier alpha value is -1.78. The molecule has 1 rings (SSSR count). The maximum absolute atomic E-state index is 11.4. The van der Waals surface area contributed by atoms with Gasteiger partial charge in [-0.05, 0) is 6.92 Å². The van der Waals surface area contributed by atoms with Crippen molar-refractivity contribution >= 4 is 5.97 Å². The lowest BCUT2D eigenvalue weighted by atomic mass is 10.3. The van der Waals surface area contributed by atoms with Crippen LogP contribution in [0.15, 0.2) is 12.1 Å². The summed E-state index contributed by atoms with van der Waals surface area (Å²) in [6.45, 7) is 2.04. The van der Waals surface area contributed by atoms with Gasteiger partial charge in [-0.3, -0.25) is 0 Å². The molecule has 0 fully saturated rings. The molecular formula is C10H13NO4. The fourth-order valence-electron chi connectivity index (χ4n) is 1.01. The molecule has 5 nitrogen and oxygen atoms in total. The number of carbonyl (C=O) groups is 1. The molecule has 0 saturated carbocycles. The molecule has 15 heavy (non-hydrogen) atoms. The summed E-state index contributed by atoms with van der Waals surface area (Å²) in [5, 5.41) is 0. The Morgan fingerprint density at radius 2 is 2.07 bits per heavy atom. The van der Waals surface area contributed by atoms with Crippen LogP contribution in [0.4, 0.5) is 0 Å². The molecule has 0 saturated heterocycles. The molecule has 0 aliphatic rings. The summed E-state index contributed by atoms with van der Waals surface area (Å²) < 4.78 is 14.7. The Morgan fingerprint density at radius 1 is 1.33 bits per heavy atom. The van der Waals surface area contributed by atoms with Gasteiger partial charge in [0.25, 0.3) is 0 Å². The van der Waals surface area contributed by atoms with Crippen LogP contribution >= 0.6 is 0 Å². The number of nitrogens with zero attached hydrogens (tertiary/aromatic N) is 1. The van der Waals surface area contributed by atoms with Crippen molar-refractivity contribution in [2.24, 2.45) is 0 Å². The zero-order valence-electron chi connectivity index (χ0n) is 8.94. The molecule has 1 aromatic rings. The first kappa shape index (κ1) is 11.3. The van der Waals surface area contributed by atoms with Crippen molar-refractivity contribution in [1.29, 1.82) is 0 Å². The second-order valence-electron chi connectivity index (χ2n) is 2.66. The Balaban J connectivity index is 3.01. The highest BCUT2D eigenvalue weighted by atomic mass is 16.5. The molecule has 1 aromatic heterocycles. The van der Waals surface area contributed by atoms with E-state index in [1.165, 1.54) is 20.3 Å². The molecule has 0 N–H and O–H groups in total. The number of hydrogen-bond acceptors (Lipinski definition) is 5. The third-order valence-corrected chi connectivity index (χ3v) is 1.70. The minimum atomic E-state index is -0.491. The van der Waals surface area contributed by atoms with Gasteiger partial charge in [0.1, 0.15) is 5.75 Å². The molecule has 0 aromatic carbocycles. The number of carbonyl (C=O) groups excluding carboxylic acids is 1.